The molecule has 1 saturated carbocycles. The lowest BCUT2D eigenvalue weighted by atomic mass is 10.0. The van der Waals surface area contributed by atoms with E-state index in [0.717, 1.165) is 11.1 Å². The summed E-state index contributed by atoms with van der Waals surface area (Å²) in [6, 6.07) is 1.57. The standard InChI is InChI=1S/C14H12F3N5/c15-14(16,17)11-10(9-5-7-4-8(7)6-9)12(18)22(21-11)13-19-2-1-3-20-13/h1-3,5,7-8H,4,6,18H2. The van der Waals surface area contributed by atoms with Gasteiger partial charge in [-0.15, -0.1) is 0 Å². The Morgan fingerprint density at radius 3 is 2.55 bits per heavy atom. The van der Waals surface area contributed by atoms with Gasteiger partial charge in [0.05, 0.1) is 5.56 Å². The fourth-order valence-corrected chi connectivity index (χ4v) is 3.00. The Kier molecular flexibility index (Phi) is 2.60. The lowest BCUT2D eigenvalue weighted by Crippen LogP contribution is -2.10. The quantitative estimate of drug-likeness (QED) is 0.926. The molecule has 8 heteroatoms. The Bertz CT molecular complexity index is 763. The van der Waals surface area contributed by atoms with E-state index in [-0.39, 0.29) is 17.3 Å². The number of hydrogen-bond donors (Lipinski definition) is 1. The molecule has 2 heterocycles. The van der Waals surface area contributed by atoms with Gasteiger partial charge in [0.1, 0.15) is 5.82 Å². The highest BCUT2D eigenvalue weighted by Crippen LogP contribution is 2.54. The topological polar surface area (TPSA) is 69.6 Å². The Balaban J connectivity index is 1.89. The molecule has 0 radical (unpaired) electrons. The van der Waals surface area contributed by atoms with Crippen molar-refractivity contribution in [2.75, 3.05) is 5.73 Å². The van der Waals surface area contributed by atoms with Crippen molar-refractivity contribution in [2.45, 2.75) is 19.0 Å². The van der Waals surface area contributed by atoms with E-state index in [1.807, 2.05) is 6.08 Å². The molecular formula is C14H12F3N5. The molecule has 22 heavy (non-hydrogen) atoms. The highest BCUT2D eigenvalue weighted by molar-refractivity contribution is 5.79. The summed E-state index contributed by atoms with van der Waals surface area (Å²) in [4.78, 5) is 7.84. The zero-order valence-electron chi connectivity index (χ0n) is 11.4. The fraction of sp³-hybridized carbons (Fsp3) is 0.357. The SMILES string of the molecule is Nc1c(C2=CC3CC3C2)c(C(F)(F)F)nn1-c1ncccn1. The Morgan fingerprint density at radius 1 is 1.23 bits per heavy atom. The molecule has 0 spiro atoms. The van der Waals surface area contributed by atoms with Crippen molar-refractivity contribution in [1.29, 1.82) is 0 Å². The highest BCUT2D eigenvalue weighted by Gasteiger charge is 2.46. The van der Waals surface area contributed by atoms with Crippen LogP contribution in [0.25, 0.3) is 11.5 Å². The molecule has 0 saturated heterocycles. The molecule has 4 rings (SSSR count). The summed E-state index contributed by atoms with van der Waals surface area (Å²) in [5, 5.41) is 3.64. The first-order chi connectivity index (χ1) is 10.4. The van der Waals surface area contributed by atoms with Gasteiger partial charge >= 0.3 is 6.18 Å². The van der Waals surface area contributed by atoms with Gasteiger partial charge in [0.2, 0.25) is 0 Å². The van der Waals surface area contributed by atoms with E-state index in [1.54, 1.807) is 6.07 Å². The number of anilines is 1. The van der Waals surface area contributed by atoms with Crippen LogP contribution < -0.4 is 5.73 Å². The van der Waals surface area contributed by atoms with Crippen LogP contribution in [-0.4, -0.2) is 19.7 Å². The van der Waals surface area contributed by atoms with Crippen LogP contribution in [0, 0.1) is 11.8 Å². The maximum atomic E-state index is 13.3. The molecule has 0 bridgehead atoms. The number of nitrogens with two attached hydrogens (primary N) is 1. The summed E-state index contributed by atoms with van der Waals surface area (Å²) < 4.78 is 40.9. The van der Waals surface area contributed by atoms with Gasteiger partial charge in [-0.1, -0.05) is 6.08 Å². The maximum absolute atomic E-state index is 13.3. The number of allylic oxidation sites excluding steroid dienone is 2. The Hall–Kier alpha value is -2.38. The normalized spacial score (nSPS) is 23.3. The molecule has 2 aliphatic carbocycles. The molecule has 2 aliphatic rings. The van der Waals surface area contributed by atoms with E-state index >= 15 is 0 Å². The summed E-state index contributed by atoms with van der Waals surface area (Å²) in [5.41, 5.74) is 5.60. The van der Waals surface area contributed by atoms with Gasteiger partial charge in [-0.2, -0.15) is 23.0 Å². The second kappa shape index (κ2) is 4.31. The number of nitrogen functional groups attached to an aromatic ring is 1. The van der Waals surface area contributed by atoms with Crippen molar-refractivity contribution < 1.29 is 13.2 Å². The Labute approximate surface area is 123 Å². The van der Waals surface area contributed by atoms with E-state index in [9.17, 15) is 13.2 Å². The van der Waals surface area contributed by atoms with Gasteiger partial charge in [-0.25, -0.2) is 9.97 Å². The molecular weight excluding hydrogens is 295 g/mol. The minimum Gasteiger partial charge on any atom is -0.383 e. The fourth-order valence-electron chi connectivity index (χ4n) is 3.00. The van der Waals surface area contributed by atoms with Gasteiger partial charge in [-0.05, 0) is 36.3 Å². The van der Waals surface area contributed by atoms with Crippen LogP contribution in [0.5, 0.6) is 0 Å². The maximum Gasteiger partial charge on any atom is 0.435 e. The zero-order chi connectivity index (χ0) is 15.5. The molecule has 0 amide bonds. The molecule has 2 unspecified atom stereocenters. The second-order valence-electron chi connectivity index (χ2n) is 5.62. The third-order valence-electron chi connectivity index (χ3n) is 4.13. The number of hydrogen-bond acceptors (Lipinski definition) is 4. The summed E-state index contributed by atoms with van der Waals surface area (Å²) in [5.74, 6) is 0.824. The van der Waals surface area contributed by atoms with E-state index in [4.69, 9.17) is 5.73 Å². The van der Waals surface area contributed by atoms with Crippen LogP contribution in [0.15, 0.2) is 24.5 Å². The Morgan fingerprint density at radius 2 is 1.95 bits per heavy atom. The average molecular weight is 307 g/mol. The summed E-state index contributed by atoms with van der Waals surface area (Å²) in [6.07, 6.45) is 1.86. The highest BCUT2D eigenvalue weighted by atomic mass is 19.4. The number of nitrogens with zero attached hydrogens (tertiary/aromatic N) is 4. The zero-order valence-corrected chi connectivity index (χ0v) is 11.4. The van der Waals surface area contributed by atoms with Gasteiger partial charge in [0, 0.05) is 12.4 Å². The molecule has 2 N–H and O–H groups in total. The third-order valence-corrected chi connectivity index (χ3v) is 4.13. The number of fused-ring (bicyclic) bond motifs is 1. The predicted octanol–water partition coefficient (Wildman–Crippen LogP) is 2.69. The van der Waals surface area contributed by atoms with Crippen molar-refractivity contribution >= 4 is 11.4 Å². The van der Waals surface area contributed by atoms with Crippen LogP contribution in [0.3, 0.4) is 0 Å². The van der Waals surface area contributed by atoms with Crippen LogP contribution >= 0.6 is 0 Å². The van der Waals surface area contributed by atoms with Crippen molar-refractivity contribution in [2.24, 2.45) is 11.8 Å². The number of halogens is 3. The number of alkyl halides is 3. The molecule has 2 atom stereocenters. The number of rotatable bonds is 2. The van der Waals surface area contributed by atoms with E-state index in [2.05, 4.69) is 15.1 Å². The average Bonchev–Trinajstić information content (AvgIpc) is 2.93. The van der Waals surface area contributed by atoms with Gasteiger partial charge in [0.15, 0.2) is 5.69 Å². The van der Waals surface area contributed by atoms with Crippen molar-refractivity contribution in [3.8, 4) is 5.95 Å². The van der Waals surface area contributed by atoms with Crippen LogP contribution in [0.2, 0.25) is 0 Å². The first kappa shape index (κ1) is 13.3. The second-order valence-corrected chi connectivity index (χ2v) is 5.62. The van der Waals surface area contributed by atoms with Crippen LogP contribution in [-0.2, 0) is 6.18 Å². The van der Waals surface area contributed by atoms with Crippen molar-refractivity contribution in [3.63, 3.8) is 0 Å². The molecule has 0 aromatic carbocycles. The molecule has 114 valence electrons. The molecule has 0 aliphatic heterocycles. The van der Waals surface area contributed by atoms with Gasteiger partial charge in [0.25, 0.3) is 5.95 Å². The summed E-state index contributed by atoms with van der Waals surface area (Å²) in [7, 11) is 0. The lowest BCUT2D eigenvalue weighted by molar-refractivity contribution is -0.141. The number of aromatic nitrogens is 4. The van der Waals surface area contributed by atoms with Gasteiger partial charge < -0.3 is 5.73 Å². The van der Waals surface area contributed by atoms with Crippen LogP contribution in [0.1, 0.15) is 24.1 Å². The lowest BCUT2D eigenvalue weighted by Gasteiger charge is -2.08. The molecule has 2 aromatic rings. The monoisotopic (exact) mass is 307 g/mol. The molecule has 2 aromatic heterocycles. The summed E-state index contributed by atoms with van der Waals surface area (Å²) in [6.45, 7) is 0. The van der Waals surface area contributed by atoms with E-state index in [1.165, 1.54) is 12.4 Å². The summed E-state index contributed by atoms with van der Waals surface area (Å²) >= 11 is 0. The smallest absolute Gasteiger partial charge is 0.383 e. The van der Waals surface area contributed by atoms with Crippen molar-refractivity contribution in [3.05, 3.63) is 35.8 Å². The van der Waals surface area contributed by atoms with Gasteiger partial charge in [-0.3, -0.25) is 0 Å². The minimum absolute atomic E-state index is 0.0212. The molecule has 5 nitrogen and oxygen atoms in total. The first-order valence-electron chi connectivity index (χ1n) is 6.89. The predicted molar refractivity (Wildman–Crippen MR) is 72.8 cm³/mol. The van der Waals surface area contributed by atoms with E-state index in [0.29, 0.717) is 23.8 Å². The minimum atomic E-state index is -4.57. The third kappa shape index (κ3) is 1.98. The van der Waals surface area contributed by atoms with Crippen LogP contribution in [0.4, 0.5) is 19.0 Å². The largest absolute Gasteiger partial charge is 0.435 e. The van der Waals surface area contributed by atoms with E-state index < -0.39 is 11.9 Å². The van der Waals surface area contributed by atoms with Crippen molar-refractivity contribution in [1.82, 2.24) is 19.7 Å². The molecule has 1 fully saturated rings. The first-order valence-corrected chi connectivity index (χ1v) is 6.89.